The smallest absolute Gasteiger partial charge is 0.169 e. The van der Waals surface area contributed by atoms with Crippen LogP contribution in [-0.2, 0) is 6.42 Å². The van der Waals surface area contributed by atoms with Gasteiger partial charge in [0.05, 0.1) is 0 Å². The molecule has 0 saturated heterocycles. The minimum absolute atomic E-state index is 0.247. The number of rotatable bonds is 2. The fraction of sp³-hybridized carbons (Fsp3) is 0.455. The van der Waals surface area contributed by atoms with E-state index in [-0.39, 0.29) is 6.04 Å². The zero-order valence-electron chi connectivity index (χ0n) is 8.00. The van der Waals surface area contributed by atoms with Crippen molar-refractivity contribution in [2.45, 2.75) is 31.7 Å². The van der Waals surface area contributed by atoms with Crippen molar-refractivity contribution in [1.82, 2.24) is 0 Å². The molecule has 1 heterocycles. The van der Waals surface area contributed by atoms with Gasteiger partial charge in [-0.25, -0.2) is 0 Å². The summed E-state index contributed by atoms with van der Waals surface area (Å²) < 4.78 is 6.26. The molecule has 3 heteroatoms. The van der Waals surface area contributed by atoms with E-state index >= 15 is 0 Å². The third-order valence-electron chi connectivity index (χ3n) is 2.52. The van der Waals surface area contributed by atoms with Crippen LogP contribution in [0, 0.1) is 0 Å². The normalized spacial score (nSPS) is 22.1. The van der Waals surface area contributed by atoms with Crippen molar-refractivity contribution in [2.24, 2.45) is 5.73 Å². The summed E-state index contributed by atoms with van der Waals surface area (Å²) in [6.45, 7) is 0. The Kier molecular flexibility index (Phi) is 3.08. The number of hydrogen-bond donors (Lipinski definition) is 1. The molecule has 14 heavy (non-hydrogen) atoms. The number of hydrogen-bond acceptors (Lipinski definition) is 2. The van der Waals surface area contributed by atoms with Crippen LogP contribution in [0.25, 0.3) is 0 Å². The predicted octanol–water partition coefficient (Wildman–Crippen LogP) is 3.02. The van der Waals surface area contributed by atoms with Crippen LogP contribution in [0.2, 0.25) is 0 Å². The highest BCUT2D eigenvalue weighted by Crippen LogP contribution is 2.23. The topological polar surface area (TPSA) is 39.2 Å². The summed E-state index contributed by atoms with van der Waals surface area (Å²) in [5, 5.41) is 0. The summed E-state index contributed by atoms with van der Waals surface area (Å²) in [6, 6.07) is 4.18. The molecule has 0 aliphatic heterocycles. The first-order chi connectivity index (χ1) is 6.74. The van der Waals surface area contributed by atoms with E-state index < -0.39 is 0 Å². The number of furan rings is 1. The molecule has 2 N–H and O–H groups in total. The zero-order valence-corrected chi connectivity index (χ0v) is 9.59. The fourth-order valence-electron chi connectivity index (χ4n) is 1.85. The van der Waals surface area contributed by atoms with Crippen molar-refractivity contribution in [1.29, 1.82) is 0 Å². The summed E-state index contributed by atoms with van der Waals surface area (Å²) in [4.78, 5) is 0. The van der Waals surface area contributed by atoms with Crippen LogP contribution >= 0.6 is 15.9 Å². The molecule has 0 bridgehead atoms. The van der Waals surface area contributed by atoms with E-state index in [0.717, 1.165) is 29.7 Å². The molecule has 0 amide bonds. The molecular weight excluding hydrogens is 242 g/mol. The van der Waals surface area contributed by atoms with E-state index in [1.165, 1.54) is 12.0 Å². The van der Waals surface area contributed by atoms with Gasteiger partial charge in [-0.15, -0.1) is 0 Å². The van der Waals surface area contributed by atoms with Crippen molar-refractivity contribution in [3.05, 3.63) is 34.2 Å². The maximum atomic E-state index is 5.87. The quantitative estimate of drug-likeness (QED) is 0.826. The molecule has 0 fully saturated rings. The monoisotopic (exact) mass is 255 g/mol. The molecular formula is C11H14BrNO. The Morgan fingerprint density at radius 3 is 3.00 bits per heavy atom. The fourth-order valence-corrected chi connectivity index (χ4v) is 2.19. The Morgan fingerprint density at radius 2 is 2.36 bits per heavy atom. The second-order valence-corrected chi connectivity index (χ2v) is 4.55. The highest BCUT2D eigenvalue weighted by atomic mass is 79.9. The van der Waals surface area contributed by atoms with E-state index in [2.05, 4.69) is 22.0 Å². The van der Waals surface area contributed by atoms with Gasteiger partial charge in [0, 0.05) is 12.5 Å². The van der Waals surface area contributed by atoms with Crippen LogP contribution in [-0.4, -0.2) is 6.04 Å². The van der Waals surface area contributed by atoms with Gasteiger partial charge < -0.3 is 10.2 Å². The Hall–Kier alpha value is -0.540. The Balaban J connectivity index is 2.03. The largest absolute Gasteiger partial charge is 0.454 e. The lowest BCUT2D eigenvalue weighted by Gasteiger charge is -2.16. The lowest BCUT2D eigenvalue weighted by atomic mass is 9.94. The van der Waals surface area contributed by atoms with Gasteiger partial charge in [-0.05, 0) is 47.3 Å². The van der Waals surface area contributed by atoms with Crippen molar-refractivity contribution >= 4 is 15.9 Å². The van der Waals surface area contributed by atoms with Crippen LogP contribution in [0.3, 0.4) is 0 Å². The molecule has 0 aromatic carbocycles. The minimum Gasteiger partial charge on any atom is -0.454 e. The van der Waals surface area contributed by atoms with Gasteiger partial charge in [-0.1, -0.05) is 11.6 Å². The SMILES string of the molecule is NC1C=C(Cc2ccc(Br)o2)CCC1. The number of allylic oxidation sites excluding steroid dienone is 1. The number of halogens is 1. The Labute approximate surface area is 92.3 Å². The summed E-state index contributed by atoms with van der Waals surface area (Å²) in [7, 11) is 0. The summed E-state index contributed by atoms with van der Waals surface area (Å²) >= 11 is 3.30. The lowest BCUT2D eigenvalue weighted by molar-refractivity contribution is 0.490. The van der Waals surface area contributed by atoms with Crippen molar-refractivity contribution < 1.29 is 4.42 Å². The molecule has 1 aromatic heterocycles. The van der Waals surface area contributed by atoms with Gasteiger partial charge in [0.15, 0.2) is 4.67 Å². The minimum atomic E-state index is 0.247. The molecule has 0 spiro atoms. The van der Waals surface area contributed by atoms with Crippen LogP contribution < -0.4 is 5.73 Å². The highest BCUT2D eigenvalue weighted by molar-refractivity contribution is 9.10. The third-order valence-corrected chi connectivity index (χ3v) is 2.94. The van der Waals surface area contributed by atoms with Crippen molar-refractivity contribution in [3.63, 3.8) is 0 Å². The van der Waals surface area contributed by atoms with E-state index in [1.54, 1.807) is 0 Å². The second-order valence-electron chi connectivity index (χ2n) is 3.76. The molecule has 1 aromatic rings. The van der Waals surface area contributed by atoms with Crippen LogP contribution in [0.5, 0.6) is 0 Å². The standard InChI is InChI=1S/C11H14BrNO/c12-11-5-4-10(14-11)7-8-2-1-3-9(13)6-8/h4-6,9H,1-3,7,13H2. The van der Waals surface area contributed by atoms with Crippen LogP contribution in [0.1, 0.15) is 25.0 Å². The molecule has 0 saturated carbocycles. The second kappa shape index (κ2) is 4.32. The van der Waals surface area contributed by atoms with E-state index in [4.69, 9.17) is 10.2 Å². The van der Waals surface area contributed by atoms with E-state index in [0.29, 0.717) is 0 Å². The van der Waals surface area contributed by atoms with E-state index in [1.807, 2.05) is 12.1 Å². The summed E-state index contributed by atoms with van der Waals surface area (Å²) in [5.41, 5.74) is 7.28. The Morgan fingerprint density at radius 1 is 1.50 bits per heavy atom. The van der Waals surface area contributed by atoms with E-state index in [9.17, 15) is 0 Å². The molecule has 1 aliphatic carbocycles. The maximum Gasteiger partial charge on any atom is 0.169 e. The van der Waals surface area contributed by atoms with Gasteiger partial charge in [-0.2, -0.15) is 0 Å². The van der Waals surface area contributed by atoms with Crippen LogP contribution in [0.4, 0.5) is 0 Å². The molecule has 76 valence electrons. The van der Waals surface area contributed by atoms with Crippen LogP contribution in [0.15, 0.2) is 32.9 Å². The third kappa shape index (κ3) is 2.49. The van der Waals surface area contributed by atoms with Gasteiger partial charge in [0.1, 0.15) is 5.76 Å². The predicted molar refractivity (Wildman–Crippen MR) is 60.0 cm³/mol. The average Bonchev–Trinajstić information content (AvgIpc) is 2.51. The first kappa shape index (κ1) is 9.99. The molecule has 1 aliphatic rings. The van der Waals surface area contributed by atoms with Gasteiger partial charge in [0.25, 0.3) is 0 Å². The van der Waals surface area contributed by atoms with Gasteiger partial charge >= 0.3 is 0 Å². The molecule has 1 atom stereocenters. The van der Waals surface area contributed by atoms with Crippen molar-refractivity contribution in [3.8, 4) is 0 Å². The van der Waals surface area contributed by atoms with Gasteiger partial charge in [0.2, 0.25) is 0 Å². The molecule has 1 unspecified atom stereocenters. The zero-order chi connectivity index (χ0) is 9.97. The van der Waals surface area contributed by atoms with Gasteiger partial charge in [-0.3, -0.25) is 0 Å². The molecule has 2 nitrogen and oxygen atoms in total. The lowest BCUT2D eigenvalue weighted by Crippen LogP contribution is -2.20. The molecule has 2 rings (SSSR count). The first-order valence-corrected chi connectivity index (χ1v) is 5.73. The average molecular weight is 256 g/mol. The highest BCUT2D eigenvalue weighted by Gasteiger charge is 2.11. The maximum absolute atomic E-state index is 5.87. The Bertz CT molecular complexity index is 343. The summed E-state index contributed by atoms with van der Waals surface area (Å²) in [6.07, 6.45) is 6.56. The summed E-state index contributed by atoms with van der Waals surface area (Å²) in [5.74, 6) is 1.01. The first-order valence-electron chi connectivity index (χ1n) is 4.93. The molecule has 0 radical (unpaired) electrons. The van der Waals surface area contributed by atoms with Crippen molar-refractivity contribution in [2.75, 3.05) is 0 Å². The number of nitrogens with two attached hydrogens (primary N) is 1.